The number of hydrogen-bond acceptors (Lipinski definition) is 5. The molecule has 0 amide bonds. The Morgan fingerprint density at radius 2 is 1.78 bits per heavy atom. The molecule has 0 saturated heterocycles. The Balaban J connectivity index is 1.52. The van der Waals surface area contributed by atoms with Gasteiger partial charge in [-0.05, 0) is 56.0 Å². The van der Waals surface area contributed by atoms with Crippen molar-refractivity contribution in [2.75, 3.05) is 0 Å². The number of phenolic OH excluding ortho intramolecular Hbond substituents is 1. The molecule has 0 unspecified atom stereocenters. The Bertz CT molecular complexity index is 822. The van der Waals surface area contributed by atoms with Gasteiger partial charge in [0.05, 0.1) is 29.8 Å². The van der Waals surface area contributed by atoms with Crippen LogP contribution in [0, 0.1) is 21.7 Å². The molecule has 1 saturated carbocycles. The number of halogens is 2. The highest BCUT2D eigenvalue weighted by Crippen LogP contribution is 2.34. The maximum absolute atomic E-state index is 13.6. The second-order valence-corrected chi connectivity index (χ2v) is 6.47. The van der Waals surface area contributed by atoms with E-state index < -0.39 is 16.6 Å². The first-order valence-electron chi connectivity index (χ1n) is 8.62. The third-order valence-corrected chi connectivity index (χ3v) is 4.54. The SMILES string of the molecule is O=[N+]([O-])c1cc(O)ccc1OC1CCC(OCc2cc(F)ccc2F)CC1. The second-order valence-electron chi connectivity index (χ2n) is 6.47. The second kappa shape index (κ2) is 8.30. The Morgan fingerprint density at radius 3 is 2.48 bits per heavy atom. The fraction of sp³-hybridized carbons (Fsp3) is 0.368. The fourth-order valence-electron chi connectivity index (χ4n) is 3.11. The van der Waals surface area contributed by atoms with Gasteiger partial charge in [0.25, 0.3) is 0 Å². The van der Waals surface area contributed by atoms with Gasteiger partial charge in [-0.25, -0.2) is 8.78 Å². The molecule has 1 aliphatic carbocycles. The zero-order valence-corrected chi connectivity index (χ0v) is 14.4. The van der Waals surface area contributed by atoms with Gasteiger partial charge in [-0.1, -0.05) is 0 Å². The van der Waals surface area contributed by atoms with Crippen molar-refractivity contribution < 1.29 is 28.3 Å². The molecule has 8 heteroatoms. The van der Waals surface area contributed by atoms with Crippen LogP contribution < -0.4 is 4.74 Å². The Hall–Kier alpha value is -2.74. The van der Waals surface area contributed by atoms with Crippen molar-refractivity contribution in [3.05, 3.63) is 63.7 Å². The van der Waals surface area contributed by atoms with Crippen LogP contribution in [0.2, 0.25) is 0 Å². The number of nitro groups is 1. The highest BCUT2D eigenvalue weighted by molar-refractivity contribution is 5.50. The van der Waals surface area contributed by atoms with E-state index in [1.54, 1.807) is 0 Å². The minimum Gasteiger partial charge on any atom is -0.508 e. The minimum atomic E-state index is -0.600. The molecule has 144 valence electrons. The van der Waals surface area contributed by atoms with Gasteiger partial charge in [0.1, 0.15) is 17.4 Å². The zero-order chi connectivity index (χ0) is 19.4. The van der Waals surface area contributed by atoms with E-state index >= 15 is 0 Å². The van der Waals surface area contributed by atoms with Gasteiger partial charge in [0, 0.05) is 5.56 Å². The van der Waals surface area contributed by atoms with E-state index in [1.807, 2.05) is 0 Å². The number of nitro benzene ring substituents is 1. The van der Waals surface area contributed by atoms with Crippen molar-refractivity contribution in [2.24, 2.45) is 0 Å². The summed E-state index contributed by atoms with van der Waals surface area (Å²) in [4.78, 5) is 10.5. The summed E-state index contributed by atoms with van der Waals surface area (Å²) in [6.45, 7) is -0.0107. The van der Waals surface area contributed by atoms with Crippen LogP contribution in [0.4, 0.5) is 14.5 Å². The van der Waals surface area contributed by atoms with Crippen LogP contribution in [-0.2, 0) is 11.3 Å². The summed E-state index contributed by atoms with van der Waals surface area (Å²) >= 11 is 0. The van der Waals surface area contributed by atoms with Crippen molar-refractivity contribution in [3.8, 4) is 11.5 Å². The molecule has 1 N–H and O–H groups in total. The van der Waals surface area contributed by atoms with Crippen molar-refractivity contribution in [1.29, 1.82) is 0 Å². The third kappa shape index (κ3) is 4.91. The summed E-state index contributed by atoms with van der Waals surface area (Å²) in [5.41, 5.74) is -0.108. The smallest absolute Gasteiger partial charge is 0.314 e. The van der Waals surface area contributed by atoms with Crippen LogP contribution in [0.5, 0.6) is 11.5 Å². The van der Waals surface area contributed by atoms with Crippen LogP contribution in [-0.4, -0.2) is 22.2 Å². The number of aromatic hydroxyl groups is 1. The molecular weight excluding hydrogens is 360 g/mol. The lowest BCUT2D eigenvalue weighted by molar-refractivity contribution is -0.386. The number of hydrogen-bond donors (Lipinski definition) is 1. The maximum atomic E-state index is 13.6. The molecule has 0 atom stereocenters. The van der Waals surface area contributed by atoms with Crippen molar-refractivity contribution in [3.63, 3.8) is 0 Å². The van der Waals surface area contributed by atoms with Gasteiger partial charge in [-0.15, -0.1) is 0 Å². The molecule has 3 rings (SSSR count). The first-order valence-corrected chi connectivity index (χ1v) is 8.62. The van der Waals surface area contributed by atoms with Gasteiger partial charge in [-0.3, -0.25) is 10.1 Å². The van der Waals surface area contributed by atoms with Crippen molar-refractivity contribution in [1.82, 2.24) is 0 Å². The lowest BCUT2D eigenvalue weighted by Crippen LogP contribution is -2.28. The van der Waals surface area contributed by atoms with Crippen LogP contribution >= 0.6 is 0 Å². The highest BCUT2D eigenvalue weighted by Gasteiger charge is 2.26. The summed E-state index contributed by atoms with van der Waals surface area (Å²) < 4.78 is 38.2. The number of nitrogens with zero attached hydrogens (tertiary/aromatic N) is 1. The molecule has 0 aliphatic heterocycles. The number of benzene rings is 2. The van der Waals surface area contributed by atoms with E-state index in [2.05, 4.69) is 0 Å². The Labute approximate surface area is 154 Å². The molecule has 0 aromatic heterocycles. The van der Waals surface area contributed by atoms with E-state index in [1.165, 1.54) is 12.1 Å². The normalized spacial score (nSPS) is 19.6. The van der Waals surface area contributed by atoms with E-state index in [0.717, 1.165) is 24.3 Å². The monoisotopic (exact) mass is 379 g/mol. The minimum absolute atomic E-state index is 0.0107. The number of phenols is 1. The molecule has 0 heterocycles. The largest absolute Gasteiger partial charge is 0.508 e. The molecule has 27 heavy (non-hydrogen) atoms. The lowest BCUT2D eigenvalue weighted by atomic mass is 9.95. The van der Waals surface area contributed by atoms with Gasteiger partial charge >= 0.3 is 5.69 Å². The molecule has 0 radical (unpaired) electrons. The summed E-state index contributed by atoms with van der Waals surface area (Å²) in [6, 6.07) is 7.02. The third-order valence-electron chi connectivity index (χ3n) is 4.54. The molecule has 6 nitrogen and oxygen atoms in total. The molecule has 1 fully saturated rings. The predicted octanol–water partition coefficient (Wildman–Crippen LogP) is 4.49. The molecule has 0 spiro atoms. The van der Waals surface area contributed by atoms with E-state index in [9.17, 15) is 24.0 Å². The van der Waals surface area contributed by atoms with E-state index in [0.29, 0.717) is 25.7 Å². The average molecular weight is 379 g/mol. The molecule has 2 aromatic rings. The molecular formula is C19H19F2NO5. The average Bonchev–Trinajstić information content (AvgIpc) is 2.65. The summed E-state index contributed by atoms with van der Waals surface area (Å²) in [6.07, 6.45) is 2.21. The van der Waals surface area contributed by atoms with Crippen LogP contribution in [0.25, 0.3) is 0 Å². The fourth-order valence-corrected chi connectivity index (χ4v) is 3.11. The highest BCUT2D eigenvalue weighted by atomic mass is 19.1. The topological polar surface area (TPSA) is 81.8 Å². The summed E-state index contributed by atoms with van der Waals surface area (Å²) in [7, 11) is 0. The van der Waals surface area contributed by atoms with E-state index in [4.69, 9.17) is 9.47 Å². The molecule has 1 aliphatic rings. The summed E-state index contributed by atoms with van der Waals surface area (Å²) in [5.74, 6) is -1.10. The molecule has 0 bridgehead atoms. The Morgan fingerprint density at radius 1 is 1.07 bits per heavy atom. The van der Waals surface area contributed by atoms with Crippen molar-refractivity contribution >= 4 is 5.69 Å². The van der Waals surface area contributed by atoms with Crippen LogP contribution in [0.15, 0.2) is 36.4 Å². The molecule has 2 aromatic carbocycles. The van der Waals surface area contributed by atoms with Crippen LogP contribution in [0.1, 0.15) is 31.2 Å². The quantitative estimate of drug-likeness (QED) is 0.591. The first-order chi connectivity index (χ1) is 12.9. The van der Waals surface area contributed by atoms with Gasteiger partial charge in [-0.2, -0.15) is 0 Å². The number of rotatable bonds is 6. The standard InChI is InChI=1S/C19H19F2NO5/c20-13-1-7-17(21)12(9-13)11-26-15-3-5-16(6-4-15)27-19-8-2-14(23)10-18(19)22(24)25/h1-2,7-10,15-16,23H,3-6,11H2. The maximum Gasteiger partial charge on any atom is 0.314 e. The predicted molar refractivity (Wildman–Crippen MR) is 92.6 cm³/mol. The van der Waals surface area contributed by atoms with Gasteiger partial charge < -0.3 is 14.6 Å². The zero-order valence-electron chi connectivity index (χ0n) is 14.4. The van der Waals surface area contributed by atoms with Gasteiger partial charge in [0.2, 0.25) is 0 Å². The van der Waals surface area contributed by atoms with Gasteiger partial charge in [0.15, 0.2) is 5.75 Å². The number of ether oxygens (including phenoxy) is 2. The lowest BCUT2D eigenvalue weighted by Gasteiger charge is -2.29. The first kappa shape index (κ1) is 19.0. The summed E-state index contributed by atoms with van der Waals surface area (Å²) in [5, 5.41) is 20.5. The van der Waals surface area contributed by atoms with Crippen LogP contribution in [0.3, 0.4) is 0 Å². The van der Waals surface area contributed by atoms with E-state index in [-0.39, 0.29) is 41.6 Å². The Kier molecular flexibility index (Phi) is 5.85. The van der Waals surface area contributed by atoms with Crippen molar-refractivity contribution in [2.45, 2.75) is 44.5 Å².